The van der Waals surface area contributed by atoms with Gasteiger partial charge in [0, 0.05) is 12.8 Å². The Bertz CT molecular complexity index is 849. The lowest BCUT2D eigenvalue weighted by molar-refractivity contribution is -0.0136. The van der Waals surface area contributed by atoms with Gasteiger partial charge in [0.1, 0.15) is 0 Å². The normalized spacial score (nSPS) is 21.1. The van der Waals surface area contributed by atoms with Crippen molar-refractivity contribution in [2.75, 3.05) is 18.5 Å². The quantitative estimate of drug-likeness (QED) is 0.762. The van der Waals surface area contributed by atoms with Crippen LogP contribution in [0.1, 0.15) is 12.0 Å². The maximum atomic E-state index is 10.0. The van der Waals surface area contributed by atoms with Gasteiger partial charge in [-0.05, 0) is 37.1 Å². The fourth-order valence-electron chi connectivity index (χ4n) is 3.03. The van der Waals surface area contributed by atoms with Crippen LogP contribution in [0.2, 0.25) is 0 Å². The van der Waals surface area contributed by atoms with E-state index in [-0.39, 0.29) is 6.04 Å². The van der Waals surface area contributed by atoms with E-state index in [1.54, 1.807) is 12.4 Å². The smallest absolute Gasteiger partial charge is 0.241 e. The summed E-state index contributed by atoms with van der Waals surface area (Å²) in [5, 5.41) is 17.8. The summed E-state index contributed by atoms with van der Waals surface area (Å²) in [6.07, 6.45) is 3.72. The van der Waals surface area contributed by atoms with Crippen LogP contribution in [-0.2, 0) is 4.74 Å². The molecule has 3 aromatic rings. The molecule has 24 heavy (non-hydrogen) atoms. The molecule has 124 valence electrons. The highest BCUT2D eigenvalue weighted by atomic mass is 16.5. The molecule has 4 rings (SSSR count). The van der Waals surface area contributed by atoms with E-state index in [1.807, 2.05) is 35.7 Å². The van der Waals surface area contributed by atoms with E-state index in [4.69, 9.17) is 4.74 Å². The lowest BCUT2D eigenvalue weighted by Gasteiger charge is -2.28. The van der Waals surface area contributed by atoms with Gasteiger partial charge >= 0.3 is 0 Å². The summed E-state index contributed by atoms with van der Waals surface area (Å²) < 4.78 is 7.10. The first-order valence-electron chi connectivity index (χ1n) is 8.01. The molecule has 0 aromatic carbocycles. The lowest BCUT2D eigenvalue weighted by atomic mass is 10.1. The number of aliphatic hydroxyl groups is 1. The van der Waals surface area contributed by atoms with Crippen molar-refractivity contribution in [2.24, 2.45) is 0 Å². The van der Waals surface area contributed by atoms with Crippen molar-refractivity contribution in [1.82, 2.24) is 19.6 Å². The van der Waals surface area contributed by atoms with Crippen molar-refractivity contribution < 1.29 is 9.84 Å². The highest BCUT2D eigenvalue weighted by Crippen LogP contribution is 2.25. The molecule has 3 aromatic heterocycles. The molecule has 0 radical (unpaired) electrons. The Labute approximate surface area is 139 Å². The minimum Gasteiger partial charge on any atom is -0.389 e. The van der Waals surface area contributed by atoms with Crippen LogP contribution in [0.3, 0.4) is 0 Å². The summed E-state index contributed by atoms with van der Waals surface area (Å²) in [6.45, 7) is 2.99. The number of hydrogen-bond donors (Lipinski definition) is 2. The molecule has 1 aliphatic rings. The van der Waals surface area contributed by atoms with Crippen molar-refractivity contribution in [3.05, 3.63) is 42.2 Å². The van der Waals surface area contributed by atoms with Gasteiger partial charge in [-0.25, -0.2) is 9.50 Å². The molecule has 0 bridgehead atoms. The summed E-state index contributed by atoms with van der Waals surface area (Å²) in [6, 6.07) is 7.75. The summed E-state index contributed by atoms with van der Waals surface area (Å²) in [4.78, 5) is 8.80. The molecule has 0 aliphatic carbocycles. The van der Waals surface area contributed by atoms with Gasteiger partial charge in [0.05, 0.1) is 41.9 Å². The van der Waals surface area contributed by atoms with Crippen LogP contribution < -0.4 is 5.32 Å². The van der Waals surface area contributed by atoms with E-state index in [2.05, 4.69) is 20.4 Å². The Morgan fingerprint density at radius 3 is 3.04 bits per heavy atom. The first-order valence-corrected chi connectivity index (χ1v) is 8.01. The predicted molar refractivity (Wildman–Crippen MR) is 89.8 cm³/mol. The van der Waals surface area contributed by atoms with Crippen molar-refractivity contribution in [2.45, 2.75) is 25.5 Å². The van der Waals surface area contributed by atoms with Gasteiger partial charge in [0.25, 0.3) is 0 Å². The second-order valence-electron chi connectivity index (χ2n) is 5.99. The largest absolute Gasteiger partial charge is 0.389 e. The molecule has 7 nitrogen and oxygen atoms in total. The molecule has 1 saturated heterocycles. The number of nitrogens with zero attached hydrogens (tertiary/aromatic N) is 4. The number of ether oxygens (including phenoxy) is 1. The molecule has 0 spiro atoms. The number of rotatable bonds is 3. The molecule has 0 saturated carbocycles. The molecular weight excluding hydrogens is 306 g/mol. The lowest BCUT2D eigenvalue weighted by Crippen LogP contribution is -2.42. The van der Waals surface area contributed by atoms with E-state index in [0.717, 1.165) is 28.9 Å². The Morgan fingerprint density at radius 2 is 2.25 bits per heavy atom. The minimum atomic E-state index is -0.556. The highest BCUT2D eigenvalue weighted by molar-refractivity contribution is 5.67. The van der Waals surface area contributed by atoms with Crippen molar-refractivity contribution in [3.8, 4) is 11.4 Å². The molecule has 0 amide bonds. The monoisotopic (exact) mass is 325 g/mol. The topological polar surface area (TPSA) is 84.6 Å². The van der Waals surface area contributed by atoms with Crippen LogP contribution in [0, 0.1) is 6.92 Å². The maximum Gasteiger partial charge on any atom is 0.241 e. The fourth-order valence-corrected chi connectivity index (χ4v) is 3.03. The molecule has 2 N–H and O–H groups in total. The number of nitrogens with one attached hydrogen (secondary N) is 1. The summed E-state index contributed by atoms with van der Waals surface area (Å²) in [7, 11) is 0. The van der Waals surface area contributed by atoms with E-state index in [1.165, 1.54) is 0 Å². The summed E-state index contributed by atoms with van der Waals surface area (Å²) >= 11 is 0. The third kappa shape index (κ3) is 2.72. The van der Waals surface area contributed by atoms with Gasteiger partial charge in [-0.3, -0.25) is 4.98 Å². The van der Waals surface area contributed by atoms with Crippen LogP contribution in [0.4, 0.5) is 5.95 Å². The number of anilines is 1. The summed E-state index contributed by atoms with van der Waals surface area (Å²) in [5.41, 5.74) is 3.81. The molecule has 2 atom stereocenters. The summed E-state index contributed by atoms with van der Waals surface area (Å²) in [5.74, 6) is 0.487. The Hall–Kier alpha value is -2.51. The predicted octanol–water partition coefficient (Wildman–Crippen LogP) is 1.66. The standard InChI is InChI=1S/C17H19N5O2/c1-11-8-12-9-19-17(20-13-5-7-24-10-15(13)23)21-22(12)16(11)14-4-2-3-6-18-14/h2-4,6,8-9,13,15,23H,5,7,10H2,1H3,(H,20,21)/t13-,15-/m1/s1. The second kappa shape index (κ2) is 6.18. The first-order chi connectivity index (χ1) is 11.7. The minimum absolute atomic E-state index is 0.105. The molecular formula is C17H19N5O2. The molecule has 7 heteroatoms. The van der Waals surface area contributed by atoms with E-state index in [0.29, 0.717) is 19.2 Å². The molecule has 1 aliphatic heterocycles. The maximum absolute atomic E-state index is 10.0. The SMILES string of the molecule is Cc1cc2cnc(N[C@@H]3CCOC[C@H]3O)nn2c1-c1ccccn1. The van der Waals surface area contributed by atoms with Crippen molar-refractivity contribution >= 4 is 11.5 Å². The average molecular weight is 325 g/mol. The second-order valence-corrected chi connectivity index (χ2v) is 5.99. The van der Waals surface area contributed by atoms with Crippen LogP contribution in [-0.4, -0.2) is 50.0 Å². The molecule has 1 fully saturated rings. The van der Waals surface area contributed by atoms with E-state index in [9.17, 15) is 5.11 Å². The van der Waals surface area contributed by atoms with Gasteiger partial charge in [-0.15, -0.1) is 5.10 Å². The van der Waals surface area contributed by atoms with Crippen LogP contribution in [0.25, 0.3) is 16.9 Å². The number of aliphatic hydroxyl groups excluding tert-OH is 1. The number of pyridine rings is 1. The Balaban J connectivity index is 1.72. The van der Waals surface area contributed by atoms with Crippen molar-refractivity contribution in [3.63, 3.8) is 0 Å². The number of hydrogen-bond acceptors (Lipinski definition) is 6. The third-order valence-corrected chi connectivity index (χ3v) is 4.26. The molecule has 0 unspecified atom stereocenters. The zero-order chi connectivity index (χ0) is 16.5. The number of fused-ring (bicyclic) bond motifs is 1. The van der Waals surface area contributed by atoms with Gasteiger partial charge < -0.3 is 15.2 Å². The van der Waals surface area contributed by atoms with Gasteiger partial charge in [0.15, 0.2) is 0 Å². The Morgan fingerprint density at radius 1 is 1.33 bits per heavy atom. The van der Waals surface area contributed by atoms with Crippen molar-refractivity contribution in [1.29, 1.82) is 0 Å². The van der Waals surface area contributed by atoms with Crippen LogP contribution in [0.5, 0.6) is 0 Å². The van der Waals surface area contributed by atoms with Crippen LogP contribution >= 0.6 is 0 Å². The zero-order valence-corrected chi connectivity index (χ0v) is 13.4. The third-order valence-electron chi connectivity index (χ3n) is 4.26. The van der Waals surface area contributed by atoms with E-state index >= 15 is 0 Å². The highest BCUT2D eigenvalue weighted by Gasteiger charge is 2.24. The van der Waals surface area contributed by atoms with E-state index < -0.39 is 6.10 Å². The van der Waals surface area contributed by atoms with Crippen LogP contribution in [0.15, 0.2) is 36.7 Å². The van der Waals surface area contributed by atoms with Gasteiger partial charge in [0.2, 0.25) is 5.95 Å². The Kier molecular flexibility index (Phi) is 3.87. The first kappa shape index (κ1) is 15.0. The zero-order valence-electron chi connectivity index (χ0n) is 13.4. The molecule has 4 heterocycles. The number of aryl methyl sites for hydroxylation is 1. The average Bonchev–Trinajstić information content (AvgIpc) is 2.93. The number of aromatic nitrogens is 4. The fraction of sp³-hybridized carbons (Fsp3) is 0.353. The van der Waals surface area contributed by atoms with Gasteiger partial charge in [-0.1, -0.05) is 6.07 Å². The van der Waals surface area contributed by atoms with Gasteiger partial charge in [-0.2, -0.15) is 0 Å².